The van der Waals surface area contributed by atoms with Crippen LogP contribution < -0.4 is 10.6 Å². The number of carbonyl (C=O) groups is 1. The van der Waals surface area contributed by atoms with Crippen LogP contribution in [0.1, 0.15) is 61.9 Å². The average molecular weight is 451 g/mol. The summed E-state index contributed by atoms with van der Waals surface area (Å²) in [4.78, 5) is 16.4. The lowest BCUT2D eigenvalue weighted by Crippen LogP contribution is -2.30. The van der Waals surface area contributed by atoms with Crippen molar-refractivity contribution in [3.8, 4) is 0 Å². The maximum atomic E-state index is 11.7. The van der Waals surface area contributed by atoms with Gasteiger partial charge in [0.25, 0.3) is 0 Å². The normalized spacial score (nSPS) is 15.5. The Hall–Kier alpha value is -2.79. The van der Waals surface area contributed by atoms with Gasteiger partial charge in [-0.05, 0) is 55.7 Å². The first-order chi connectivity index (χ1) is 15.3. The Balaban J connectivity index is 1.51. The Morgan fingerprint density at radius 2 is 1.94 bits per heavy atom. The number of aromatic nitrogens is 2. The molecule has 5 nitrogen and oxygen atoms in total. The number of anilines is 2. The minimum absolute atomic E-state index is 0.0268. The second-order valence-corrected chi connectivity index (χ2v) is 9.55. The van der Waals surface area contributed by atoms with Crippen molar-refractivity contribution in [3.05, 3.63) is 64.8 Å². The van der Waals surface area contributed by atoms with Gasteiger partial charge >= 0.3 is 0 Å². The predicted molar refractivity (Wildman–Crippen MR) is 133 cm³/mol. The molecule has 6 heteroatoms. The largest absolute Gasteiger partial charge is 0.384 e. The van der Waals surface area contributed by atoms with Gasteiger partial charge in [-0.25, -0.2) is 4.98 Å². The van der Waals surface area contributed by atoms with E-state index in [0.717, 1.165) is 28.0 Å². The van der Waals surface area contributed by atoms with Crippen LogP contribution in [-0.2, 0) is 13.6 Å². The third-order valence-corrected chi connectivity index (χ3v) is 7.09. The van der Waals surface area contributed by atoms with Crippen molar-refractivity contribution in [2.45, 2.75) is 52.5 Å². The third-order valence-electron chi connectivity index (χ3n) is 6.76. The van der Waals surface area contributed by atoms with Crippen molar-refractivity contribution in [3.63, 3.8) is 0 Å². The van der Waals surface area contributed by atoms with Crippen molar-refractivity contribution < 1.29 is 4.79 Å². The molecular weight excluding hydrogens is 420 g/mol. The molecule has 0 spiro atoms. The first-order valence-electron chi connectivity index (χ1n) is 11.2. The first kappa shape index (κ1) is 22.4. The van der Waals surface area contributed by atoms with Gasteiger partial charge in [-0.2, -0.15) is 0 Å². The molecule has 168 valence electrons. The van der Waals surface area contributed by atoms with E-state index in [1.807, 2.05) is 48.0 Å². The highest BCUT2D eigenvalue weighted by molar-refractivity contribution is 6.33. The van der Waals surface area contributed by atoms with Crippen molar-refractivity contribution in [1.82, 2.24) is 14.9 Å². The Labute approximate surface area is 194 Å². The van der Waals surface area contributed by atoms with E-state index in [2.05, 4.69) is 29.1 Å². The van der Waals surface area contributed by atoms with Gasteiger partial charge in [0, 0.05) is 30.3 Å². The molecule has 3 aromatic rings. The van der Waals surface area contributed by atoms with E-state index in [-0.39, 0.29) is 11.2 Å². The van der Waals surface area contributed by atoms with E-state index in [1.165, 1.54) is 32.1 Å². The Morgan fingerprint density at radius 3 is 2.66 bits per heavy atom. The smallest absolute Gasteiger partial charge is 0.208 e. The summed E-state index contributed by atoms with van der Waals surface area (Å²) < 4.78 is 1.96. The van der Waals surface area contributed by atoms with Crippen LogP contribution in [0.4, 0.5) is 11.6 Å². The molecule has 0 radical (unpaired) electrons. The summed E-state index contributed by atoms with van der Waals surface area (Å²) in [7, 11) is 1.94. The highest BCUT2D eigenvalue weighted by atomic mass is 35.5. The van der Waals surface area contributed by atoms with Gasteiger partial charge in [-0.15, -0.1) is 0 Å². The summed E-state index contributed by atoms with van der Waals surface area (Å²) >= 11 is 6.49. The maximum Gasteiger partial charge on any atom is 0.208 e. The van der Waals surface area contributed by atoms with E-state index < -0.39 is 0 Å². The average Bonchev–Trinajstić information content (AvgIpc) is 3.09. The molecule has 1 heterocycles. The quantitative estimate of drug-likeness (QED) is 0.391. The van der Waals surface area contributed by atoms with E-state index in [0.29, 0.717) is 23.1 Å². The predicted octanol–water partition coefficient (Wildman–Crippen LogP) is 6.75. The molecule has 0 aliphatic heterocycles. The number of hydrogen-bond acceptors (Lipinski definition) is 4. The van der Waals surface area contributed by atoms with Gasteiger partial charge in [0.1, 0.15) is 0 Å². The van der Waals surface area contributed by atoms with E-state index in [1.54, 1.807) is 6.92 Å². The zero-order chi connectivity index (χ0) is 22.9. The van der Waals surface area contributed by atoms with Crippen LogP contribution >= 0.6 is 11.6 Å². The third kappa shape index (κ3) is 4.53. The van der Waals surface area contributed by atoms with Crippen LogP contribution in [0, 0.1) is 5.41 Å². The number of benzene rings is 2. The lowest BCUT2D eigenvalue weighted by Gasteiger charge is -2.36. The minimum Gasteiger partial charge on any atom is -0.384 e. The van der Waals surface area contributed by atoms with Crippen molar-refractivity contribution in [2.75, 3.05) is 5.32 Å². The Bertz CT molecular complexity index is 1170. The summed E-state index contributed by atoms with van der Waals surface area (Å²) in [6.07, 6.45) is 6.28. The molecule has 32 heavy (non-hydrogen) atoms. The molecule has 0 bridgehead atoms. The van der Waals surface area contributed by atoms with Gasteiger partial charge in [-0.1, -0.05) is 50.4 Å². The van der Waals surface area contributed by atoms with Gasteiger partial charge < -0.3 is 15.2 Å². The standard InChI is InChI=1S/C26H31ClN4O/c1-17(32)20-9-11-24-23(15-20)30-25(31(24)4)29-22-14-19(8-10-21(22)27)16-28-18(2)26(3)12-6-5-7-13-26/h8-11,14-15,28H,2,5-7,12-13,16H2,1,3-4H3,(H,29,30). The number of nitrogens with zero attached hydrogens (tertiary/aromatic N) is 2. The summed E-state index contributed by atoms with van der Waals surface area (Å²) in [6.45, 7) is 8.92. The summed E-state index contributed by atoms with van der Waals surface area (Å²) in [5.41, 5.74) is 5.59. The molecule has 4 rings (SSSR count). The number of ketones is 1. The molecule has 0 atom stereocenters. The molecular formula is C26H31ClN4O. The Morgan fingerprint density at radius 1 is 1.19 bits per heavy atom. The minimum atomic E-state index is 0.0268. The van der Waals surface area contributed by atoms with Crippen molar-refractivity contribution >= 4 is 40.1 Å². The number of carbonyl (C=O) groups excluding carboxylic acids is 1. The monoisotopic (exact) mass is 450 g/mol. The second kappa shape index (κ2) is 8.99. The Kier molecular flexibility index (Phi) is 6.29. The maximum absolute atomic E-state index is 11.7. The van der Waals surface area contributed by atoms with Crippen molar-refractivity contribution in [1.29, 1.82) is 0 Å². The van der Waals surface area contributed by atoms with Crippen LogP contribution in [0.2, 0.25) is 5.02 Å². The van der Waals surface area contributed by atoms with Gasteiger partial charge in [0.05, 0.1) is 21.7 Å². The number of nitrogens with one attached hydrogen (secondary N) is 2. The second-order valence-electron chi connectivity index (χ2n) is 9.15. The molecule has 0 unspecified atom stereocenters. The van der Waals surface area contributed by atoms with Crippen LogP contribution in [0.25, 0.3) is 11.0 Å². The van der Waals surface area contributed by atoms with Crippen molar-refractivity contribution in [2.24, 2.45) is 12.5 Å². The van der Waals surface area contributed by atoms with Crippen LogP contribution in [0.5, 0.6) is 0 Å². The van der Waals surface area contributed by atoms with Crippen LogP contribution in [0.3, 0.4) is 0 Å². The number of allylic oxidation sites excluding steroid dienone is 1. The van der Waals surface area contributed by atoms with Gasteiger partial charge in [0.15, 0.2) is 5.78 Å². The fourth-order valence-electron chi connectivity index (χ4n) is 4.49. The highest BCUT2D eigenvalue weighted by Crippen LogP contribution is 2.40. The molecule has 1 aliphatic carbocycles. The van der Waals surface area contributed by atoms with Gasteiger partial charge in [0.2, 0.25) is 5.95 Å². The topological polar surface area (TPSA) is 59.0 Å². The van der Waals surface area contributed by atoms with Gasteiger partial charge in [-0.3, -0.25) is 4.79 Å². The molecule has 2 aromatic carbocycles. The lowest BCUT2D eigenvalue weighted by atomic mass is 9.73. The fourth-order valence-corrected chi connectivity index (χ4v) is 4.65. The molecule has 2 N–H and O–H groups in total. The SMILES string of the molecule is C=C(NCc1ccc(Cl)c(Nc2nc3cc(C(C)=O)ccc3n2C)c1)C1(C)CCCCC1. The number of hydrogen-bond donors (Lipinski definition) is 2. The highest BCUT2D eigenvalue weighted by Gasteiger charge is 2.29. The molecule has 1 aliphatic rings. The molecule has 0 saturated heterocycles. The van der Waals surface area contributed by atoms with E-state index in [9.17, 15) is 4.79 Å². The molecule has 1 fully saturated rings. The first-order valence-corrected chi connectivity index (χ1v) is 11.6. The van der Waals surface area contributed by atoms with E-state index >= 15 is 0 Å². The number of halogens is 1. The zero-order valence-corrected chi connectivity index (χ0v) is 19.9. The number of rotatable bonds is 7. The molecule has 1 aromatic heterocycles. The number of Topliss-reactive ketones (excluding diaryl/α,β-unsaturated/α-hetero) is 1. The summed E-state index contributed by atoms with van der Waals surface area (Å²) in [5, 5.41) is 7.54. The molecule has 1 saturated carbocycles. The van der Waals surface area contributed by atoms with E-state index in [4.69, 9.17) is 11.6 Å². The number of aryl methyl sites for hydroxylation is 1. The number of fused-ring (bicyclic) bond motifs is 1. The lowest BCUT2D eigenvalue weighted by molar-refractivity contribution is 0.101. The summed E-state index contributed by atoms with van der Waals surface area (Å²) in [6, 6.07) is 11.6. The number of imidazole rings is 1. The van der Waals surface area contributed by atoms with Crippen LogP contribution in [0.15, 0.2) is 48.7 Å². The van der Waals surface area contributed by atoms with Crippen LogP contribution in [-0.4, -0.2) is 15.3 Å². The molecule has 0 amide bonds. The fraction of sp³-hybridized carbons (Fsp3) is 0.385. The zero-order valence-electron chi connectivity index (χ0n) is 19.1. The summed E-state index contributed by atoms with van der Waals surface area (Å²) in [5.74, 6) is 0.700.